The van der Waals surface area contributed by atoms with Gasteiger partial charge in [0.1, 0.15) is 43.7 Å². The molecular formula is C25H25FN2O7S. The van der Waals surface area contributed by atoms with E-state index in [1.54, 1.807) is 18.2 Å². The molecule has 1 N–H and O–H groups in total. The van der Waals surface area contributed by atoms with Gasteiger partial charge < -0.3 is 18.9 Å². The van der Waals surface area contributed by atoms with Crippen LogP contribution in [0.1, 0.15) is 18.9 Å². The summed E-state index contributed by atoms with van der Waals surface area (Å²) in [7, 11) is -4.27. The molecule has 0 radical (unpaired) electrons. The van der Waals surface area contributed by atoms with Crippen LogP contribution < -0.4 is 18.5 Å². The van der Waals surface area contributed by atoms with E-state index in [-0.39, 0.29) is 49.0 Å². The number of benzene rings is 3. The standard InChI is InChI=1S/C25H25FN2O7S/c1-16-9-20(35-15-34-16)14-32-19-8-7-18-10-22(33-13-17-5-3-2-4-6-17)25(24(26)21(18)11-19)28-12-23(29)27-36(28,30)31/h2-8,10-11,16,20H,9,12-15H2,1H3,(H,27,29)/t16-,20-/m1/s1. The van der Waals surface area contributed by atoms with Crippen molar-refractivity contribution in [2.75, 3.05) is 24.2 Å². The Kier molecular flexibility index (Phi) is 6.69. The van der Waals surface area contributed by atoms with Crippen LogP contribution in [0.5, 0.6) is 11.5 Å². The summed E-state index contributed by atoms with van der Waals surface area (Å²) in [5.41, 5.74) is 0.478. The van der Waals surface area contributed by atoms with Gasteiger partial charge in [-0.15, -0.1) is 0 Å². The summed E-state index contributed by atoms with van der Waals surface area (Å²) in [5.74, 6) is -1.20. The van der Waals surface area contributed by atoms with Gasteiger partial charge in [-0.3, -0.25) is 4.79 Å². The second-order valence-corrected chi connectivity index (χ2v) is 10.3. The smallest absolute Gasteiger partial charge is 0.326 e. The topological polar surface area (TPSA) is 103 Å². The summed E-state index contributed by atoms with van der Waals surface area (Å²) in [4.78, 5) is 11.9. The number of hydrogen-bond donors (Lipinski definition) is 1. The second-order valence-electron chi connectivity index (χ2n) is 8.66. The Morgan fingerprint density at radius 3 is 2.64 bits per heavy atom. The Labute approximate surface area is 207 Å². The van der Waals surface area contributed by atoms with Gasteiger partial charge in [-0.05, 0) is 36.1 Å². The summed E-state index contributed by atoms with van der Waals surface area (Å²) < 4.78 is 66.3. The molecule has 1 amide bonds. The van der Waals surface area contributed by atoms with Crippen molar-refractivity contribution in [1.29, 1.82) is 0 Å². The molecule has 36 heavy (non-hydrogen) atoms. The first-order valence-electron chi connectivity index (χ1n) is 11.4. The summed E-state index contributed by atoms with van der Waals surface area (Å²) >= 11 is 0. The Balaban J connectivity index is 1.49. The molecule has 11 heteroatoms. The average molecular weight is 517 g/mol. The van der Waals surface area contributed by atoms with E-state index in [4.69, 9.17) is 18.9 Å². The molecule has 2 saturated heterocycles. The first-order chi connectivity index (χ1) is 17.3. The van der Waals surface area contributed by atoms with Gasteiger partial charge in [-0.2, -0.15) is 8.42 Å². The number of amides is 1. The van der Waals surface area contributed by atoms with Gasteiger partial charge in [-0.25, -0.2) is 13.4 Å². The lowest BCUT2D eigenvalue weighted by Gasteiger charge is -2.27. The molecule has 5 rings (SSSR count). The van der Waals surface area contributed by atoms with Crippen molar-refractivity contribution in [3.8, 4) is 11.5 Å². The molecule has 2 atom stereocenters. The maximum Gasteiger partial charge on any atom is 0.326 e. The number of nitrogens with one attached hydrogen (secondary N) is 1. The van der Waals surface area contributed by atoms with Crippen LogP contribution in [0.25, 0.3) is 10.8 Å². The van der Waals surface area contributed by atoms with Gasteiger partial charge in [0.2, 0.25) is 0 Å². The lowest BCUT2D eigenvalue weighted by molar-refractivity contribution is -0.176. The third kappa shape index (κ3) is 5.08. The molecule has 0 aliphatic carbocycles. The summed E-state index contributed by atoms with van der Waals surface area (Å²) in [6.45, 7) is 1.92. The van der Waals surface area contributed by atoms with Crippen molar-refractivity contribution >= 4 is 32.6 Å². The fraction of sp³-hybridized carbons (Fsp3) is 0.320. The van der Waals surface area contributed by atoms with Crippen molar-refractivity contribution in [2.24, 2.45) is 0 Å². The van der Waals surface area contributed by atoms with Crippen molar-refractivity contribution in [3.05, 3.63) is 66.0 Å². The number of hydrogen-bond acceptors (Lipinski definition) is 7. The van der Waals surface area contributed by atoms with Gasteiger partial charge in [0.15, 0.2) is 5.82 Å². The molecule has 2 aliphatic heterocycles. The largest absolute Gasteiger partial charge is 0.491 e. The summed E-state index contributed by atoms with van der Waals surface area (Å²) in [5, 5.41) is 0.615. The third-order valence-corrected chi connectivity index (χ3v) is 7.36. The van der Waals surface area contributed by atoms with Crippen LogP contribution in [0.15, 0.2) is 54.6 Å². The maximum atomic E-state index is 16.0. The molecule has 3 aromatic rings. The monoisotopic (exact) mass is 516 g/mol. The first kappa shape index (κ1) is 24.3. The van der Waals surface area contributed by atoms with Crippen LogP contribution in [0.2, 0.25) is 0 Å². The minimum absolute atomic E-state index is 0.00203. The van der Waals surface area contributed by atoms with E-state index in [9.17, 15) is 13.2 Å². The quantitative estimate of drug-likeness (QED) is 0.514. The second kappa shape index (κ2) is 9.92. The zero-order chi connectivity index (χ0) is 25.3. The molecule has 0 bridgehead atoms. The zero-order valence-electron chi connectivity index (χ0n) is 19.5. The number of nitrogens with zero attached hydrogens (tertiary/aromatic N) is 1. The minimum atomic E-state index is -4.27. The zero-order valence-corrected chi connectivity index (χ0v) is 20.3. The Morgan fingerprint density at radius 1 is 1.11 bits per heavy atom. The van der Waals surface area contributed by atoms with Crippen molar-refractivity contribution in [3.63, 3.8) is 0 Å². The molecule has 0 aromatic heterocycles. The number of rotatable bonds is 7. The summed E-state index contributed by atoms with van der Waals surface area (Å²) in [6, 6.07) is 15.6. The van der Waals surface area contributed by atoms with Crippen LogP contribution >= 0.6 is 0 Å². The Bertz CT molecular complexity index is 1380. The third-order valence-electron chi connectivity index (χ3n) is 5.98. The van der Waals surface area contributed by atoms with Gasteiger partial charge in [0.05, 0.1) is 12.2 Å². The number of fused-ring (bicyclic) bond motifs is 1. The fourth-order valence-electron chi connectivity index (χ4n) is 4.17. The Hall–Kier alpha value is -3.41. The Morgan fingerprint density at radius 2 is 1.92 bits per heavy atom. The van der Waals surface area contributed by atoms with Crippen molar-refractivity contribution < 1.29 is 36.6 Å². The van der Waals surface area contributed by atoms with E-state index >= 15 is 4.39 Å². The highest BCUT2D eigenvalue weighted by Gasteiger charge is 2.38. The highest BCUT2D eigenvalue weighted by molar-refractivity contribution is 7.92. The average Bonchev–Trinajstić information content (AvgIpc) is 3.13. The van der Waals surface area contributed by atoms with Gasteiger partial charge in [0, 0.05) is 11.8 Å². The number of anilines is 1. The lowest BCUT2D eigenvalue weighted by atomic mass is 10.1. The van der Waals surface area contributed by atoms with E-state index in [0.29, 0.717) is 21.9 Å². The molecule has 2 heterocycles. The maximum absolute atomic E-state index is 16.0. The van der Waals surface area contributed by atoms with Crippen LogP contribution in [0.3, 0.4) is 0 Å². The molecule has 190 valence electrons. The van der Waals surface area contributed by atoms with Gasteiger partial charge in [-0.1, -0.05) is 36.4 Å². The molecule has 0 saturated carbocycles. The molecule has 2 fully saturated rings. The van der Waals surface area contributed by atoms with Crippen LogP contribution in [0, 0.1) is 5.82 Å². The van der Waals surface area contributed by atoms with E-state index < -0.39 is 28.5 Å². The van der Waals surface area contributed by atoms with Crippen molar-refractivity contribution in [2.45, 2.75) is 32.2 Å². The van der Waals surface area contributed by atoms with E-state index in [1.165, 1.54) is 6.07 Å². The van der Waals surface area contributed by atoms with Crippen LogP contribution in [0.4, 0.5) is 10.1 Å². The predicted octanol–water partition coefficient (Wildman–Crippen LogP) is 3.27. The fourth-order valence-corrected chi connectivity index (χ4v) is 5.33. The SMILES string of the molecule is C[C@@H]1C[C@H](COc2ccc3cc(OCc4ccccc4)c(N4CC(=O)NS4(=O)=O)c(F)c3c2)OCO1. The van der Waals surface area contributed by atoms with Crippen LogP contribution in [-0.4, -0.2) is 46.5 Å². The highest BCUT2D eigenvalue weighted by Crippen LogP contribution is 2.40. The van der Waals surface area contributed by atoms with Gasteiger partial charge in [0.25, 0.3) is 5.91 Å². The lowest BCUT2D eigenvalue weighted by Crippen LogP contribution is -2.33. The normalized spacial score (nSPS) is 21.4. The van der Waals surface area contributed by atoms with Gasteiger partial charge >= 0.3 is 10.2 Å². The molecule has 3 aromatic carbocycles. The van der Waals surface area contributed by atoms with Crippen LogP contribution in [-0.2, 0) is 31.1 Å². The first-order valence-corrected chi connectivity index (χ1v) is 12.9. The molecule has 0 spiro atoms. The number of carbonyl (C=O) groups excluding carboxylic acids is 1. The van der Waals surface area contributed by atoms with E-state index in [0.717, 1.165) is 5.56 Å². The van der Waals surface area contributed by atoms with Crippen molar-refractivity contribution in [1.82, 2.24) is 4.72 Å². The number of ether oxygens (including phenoxy) is 4. The number of halogens is 1. The molecule has 2 aliphatic rings. The summed E-state index contributed by atoms with van der Waals surface area (Å²) in [6.07, 6.45) is 0.560. The molecule has 9 nitrogen and oxygen atoms in total. The van der Waals surface area contributed by atoms with E-state index in [2.05, 4.69) is 0 Å². The molecule has 0 unspecified atom stereocenters. The minimum Gasteiger partial charge on any atom is -0.491 e. The van der Waals surface area contributed by atoms with E-state index in [1.807, 2.05) is 42.0 Å². The molecular weight excluding hydrogens is 491 g/mol. The highest BCUT2D eigenvalue weighted by atomic mass is 32.2. The predicted molar refractivity (Wildman–Crippen MR) is 129 cm³/mol. The number of carbonyl (C=O) groups is 1.